The van der Waals surface area contributed by atoms with Crippen molar-refractivity contribution < 1.29 is 14.0 Å². The summed E-state index contributed by atoms with van der Waals surface area (Å²) in [6, 6.07) is 4.55. The molecule has 0 aliphatic carbocycles. The van der Waals surface area contributed by atoms with Crippen molar-refractivity contribution in [2.24, 2.45) is 0 Å². The van der Waals surface area contributed by atoms with Crippen LogP contribution in [0.3, 0.4) is 0 Å². The number of benzene rings is 1. The van der Waals surface area contributed by atoms with Gasteiger partial charge in [0.25, 0.3) is 0 Å². The first-order valence-electron chi connectivity index (χ1n) is 6.25. The number of rotatable bonds is 5. The fourth-order valence-corrected chi connectivity index (χ4v) is 1.81. The molecule has 3 N–H and O–H groups in total. The number of halogens is 1. The fraction of sp³-hybridized carbons (Fsp3) is 0.308. The molecular weight excluding hydrogens is 263 g/mol. The third-order valence-corrected chi connectivity index (χ3v) is 2.76. The molecule has 20 heavy (non-hydrogen) atoms. The average Bonchev–Trinajstić information content (AvgIpc) is 2.79. The Labute approximate surface area is 114 Å². The molecule has 0 atom stereocenters. The molecule has 1 aromatic heterocycles. The van der Waals surface area contributed by atoms with Crippen LogP contribution in [0.1, 0.15) is 19.8 Å². The third kappa shape index (κ3) is 3.31. The van der Waals surface area contributed by atoms with Crippen LogP contribution in [0.5, 0.6) is 0 Å². The van der Waals surface area contributed by atoms with Crippen LogP contribution in [0.4, 0.5) is 10.2 Å². The number of aromatic nitrogens is 2. The number of H-pyrrole nitrogens is 1. The second-order valence-electron chi connectivity index (χ2n) is 4.37. The number of fused-ring (bicyclic) bond motifs is 1. The van der Waals surface area contributed by atoms with Crippen molar-refractivity contribution in [3.8, 4) is 0 Å². The van der Waals surface area contributed by atoms with Gasteiger partial charge in [-0.05, 0) is 18.6 Å². The summed E-state index contributed by atoms with van der Waals surface area (Å²) in [7, 11) is 0. The molecule has 0 bridgehead atoms. The summed E-state index contributed by atoms with van der Waals surface area (Å²) in [5.74, 6) is -0.461. The molecule has 1 heterocycles. The molecule has 1 aromatic carbocycles. The summed E-state index contributed by atoms with van der Waals surface area (Å²) >= 11 is 0. The van der Waals surface area contributed by atoms with Gasteiger partial charge in [0.15, 0.2) is 5.82 Å². The Kier molecular flexibility index (Phi) is 4.29. The number of para-hydroxylation sites is 1. The van der Waals surface area contributed by atoms with Crippen LogP contribution in [0.15, 0.2) is 18.2 Å². The highest BCUT2D eigenvalue weighted by molar-refractivity contribution is 5.99. The number of amides is 2. The van der Waals surface area contributed by atoms with Gasteiger partial charge < -0.3 is 10.6 Å². The second kappa shape index (κ2) is 6.14. The summed E-state index contributed by atoms with van der Waals surface area (Å²) in [5.41, 5.74) is 0.265. The number of hydrogen-bond donors (Lipinski definition) is 3. The molecule has 106 valence electrons. The van der Waals surface area contributed by atoms with E-state index in [1.54, 1.807) is 12.1 Å². The van der Waals surface area contributed by atoms with E-state index in [1.807, 2.05) is 0 Å². The minimum absolute atomic E-state index is 0.126. The van der Waals surface area contributed by atoms with E-state index < -0.39 is 5.82 Å². The molecule has 0 aliphatic heterocycles. The lowest BCUT2D eigenvalue weighted by Gasteiger charge is -2.03. The van der Waals surface area contributed by atoms with Crippen molar-refractivity contribution in [1.82, 2.24) is 15.5 Å². The zero-order valence-electron chi connectivity index (χ0n) is 11.0. The second-order valence-corrected chi connectivity index (χ2v) is 4.37. The monoisotopic (exact) mass is 278 g/mol. The third-order valence-electron chi connectivity index (χ3n) is 2.76. The van der Waals surface area contributed by atoms with Gasteiger partial charge in [0.05, 0.1) is 0 Å². The van der Waals surface area contributed by atoms with Crippen LogP contribution in [-0.2, 0) is 9.59 Å². The summed E-state index contributed by atoms with van der Waals surface area (Å²) < 4.78 is 13.4. The highest BCUT2D eigenvalue weighted by Gasteiger charge is 2.11. The van der Waals surface area contributed by atoms with Crippen LogP contribution in [-0.4, -0.2) is 28.6 Å². The zero-order chi connectivity index (χ0) is 14.5. The number of carbonyl (C=O) groups excluding carboxylic acids is 2. The van der Waals surface area contributed by atoms with Crippen molar-refractivity contribution >= 4 is 28.5 Å². The minimum atomic E-state index is -0.416. The molecule has 0 aliphatic rings. The Morgan fingerprint density at radius 3 is 2.95 bits per heavy atom. The van der Waals surface area contributed by atoms with Crippen LogP contribution < -0.4 is 10.6 Å². The van der Waals surface area contributed by atoms with Crippen molar-refractivity contribution in [3.63, 3.8) is 0 Å². The smallest absolute Gasteiger partial charge is 0.225 e. The molecule has 0 saturated carbocycles. The van der Waals surface area contributed by atoms with E-state index in [-0.39, 0.29) is 23.8 Å². The predicted molar refractivity (Wildman–Crippen MR) is 72.6 cm³/mol. The van der Waals surface area contributed by atoms with Gasteiger partial charge in [-0.1, -0.05) is 6.07 Å². The van der Waals surface area contributed by atoms with Gasteiger partial charge in [-0.15, -0.1) is 0 Å². The lowest BCUT2D eigenvalue weighted by Crippen LogP contribution is -2.22. The molecule has 7 heteroatoms. The molecule has 0 saturated heterocycles. The van der Waals surface area contributed by atoms with Crippen molar-refractivity contribution in [2.75, 3.05) is 11.9 Å². The topological polar surface area (TPSA) is 86.9 Å². The van der Waals surface area contributed by atoms with E-state index in [1.165, 1.54) is 13.0 Å². The van der Waals surface area contributed by atoms with Crippen molar-refractivity contribution in [3.05, 3.63) is 24.0 Å². The molecular formula is C13H15FN4O2. The average molecular weight is 278 g/mol. The molecule has 6 nitrogen and oxygen atoms in total. The summed E-state index contributed by atoms with van der Waals surface area (Å²) in [6.45, 7) is 1.86. The van der Waals surface area contributed by atoms with Crippen LogP contribution in [0.2, 0.25) is 0 Å². The Morgan fingerprint density at radius 1 is 1.40 bits per heavy atom. The fourth-order valence-electron chi connectivity index (χ4n) is 1.81. The minimum Gasteiger partial charge on any atom is -0.356 e. The molecule has 0 spiro atoms. The highest BCUT2D eigenvalue weighted by Crippen LogP contribution is 2.22. The number of nitrogens with zero attached hydrogens (tertiary/aromatic N) is 1. The van der Waals surface area contributed by atoms with Crippen molar-refractivity contribution in [1.29, 1.82) is 0 Å². The Bertz CT molecular complexity index is 638. The standard InChI is InChI=1S/C13H15FN4O2/c1-8(19)15-7-3-6-11(20)16-13-9-4-2-5-10(14)12(9)17-18-13/h2,4-5H,3,6-7H2,1H3,(H,15,19)(H2,16,17,18,20). The van der Waals surface area contributed by atoms with Crippen LogP contribution in [0, 0.1) is 5.82 Å². The van der Waals surface area contributed by atoms with Crippen LogP contribution >= 0.6 is 0 Å². The molecule has 2 amide bonds. The van der Waals surface area contributed by atoms with Gasteiger partial charge in [-0.25, -0.2) is 4.39 Å². The van der Waals surface area contributed by atoms with E-state index in [0.717, 1.165) is 0 Å². The zero-order valence-corrected chi connectivity index (χ0v) is 11.0. The number of anilines is 1. The lowest BCUT2D eigenvalue weighted by molar-refractivity contribution is -0.119. The van der Waals surface area contributed by atoms with Crippen molar-refractivity contribution in [2.45, 2.75) is 19.8 Å². The maximum Gasteiger partial charge on any atom is 0.225 e. The normalized spacial score (nSPS) is 10.5. The Morgan fingerprint density at radius 2 is 2.20 bits per heavy atom. The van der Waals surface area contributed by atoms with Gasteiger partial charge in [0.1, 0.15) is 11.3 Å². The van der Waals surface area contributed by atoms with Crippen LogP contribution in [0.25, 0.3) is 10.9 Å². The van der Waals surface area contributed by atoms with E-state index in [2.05, 4.69) is 20.8 Å². The first-order valence-corrected chi connectivity index (χ1v) is 6.25. The Hall–Kier alpha value is -2.44. The number of carbonyl (C=O) groups is 2. The number of aromatic amines is 1. The summed E-state index contributed by atoms with van der Waals surface area (Å²) in [6.07, 6.45) is 0.784. The molecule has 2 aromatic rings. The predicted octanol–water partition coefficient (Wildman–Crippen LogP) is 1.56. The summed E-state index contributed by atoms with van der Waals surface area (Å²) in [5, 5.41) is 12.2. The van der Waals surface area contributed by atoms with E-state index in [9.17, 15) is 14.0 Å². The maximum absolute atomic E-state index is 13.4. The summed E-state index contributed by atoms with van der Waals surface area (Å²) in [4.78, 5) is 22.4. The quantitative estimate of drug-likeness (QED) is 0.725. The first kappa shape index (κ1) is 14.0. The van der Waals surface area contributed by atoms with E-state index >= 15 is 0 Å². The first-order chi connectivity index (χ1) is 9.58. The van der Waals surface area contributed by atoms with Gasteiger partial charge >= 0.3 is 0 Å². The van der Waals surface area contributed by atoms with Gasteiger partial charge in [0, 0.05) is 25.3 Å². The van der Waals surface area contributed by atoms with Gasteiger partial charge in [-0.2, -0.15) is 5.10 Å². The molecule has 0 unspecified atom stereocenters. The number of nitrogens with one attached hydrogen (secondary N) is 3. The van der Waals surface area contributed by atoms with Gasteiger partial charge in [-0.3, -0.25) is 14.7 Å². The SMILES string of the molecule is CC(=O)NCCCC(=O)Nc1n[nH]c2c(F)cccc12. The molecule has 0 fully saturated rings. The highest BCUT2D eigenvalue weighted by atomic mass is 19.1. The van der Waals surface area contributed by atoms with Gasteiger partial charge in [0.2, 0.25) is 11.8 Å². The number of hydrogen-bond acceptors (Lipinski definition) is 3. The lowest BCUT2D eigenvalue weighted by atomic mass is 10.2. The maximum atomic E-state index is 13.4. The molecule has 2 rings (SSSR count). The molecule has 0 radical (unpaired) electrons. The van der Waals surface area contributed by atoms with E-state index in [4.69, 9.17) is 0 Å². The largest absolute Gasteiger partial charge is 0.356 e. The Balaban J connectivity index is 1.93. The van der Waals surface area contributed by atoms with E-state index in [0.29, 0.717) is 24.2 Å².